The quantitative estimate of drug-likeness (QED) is 0.203. The van der Waals surface area contributed by atoms with E-state index in [0.717, 1.165) is 0 Å². The predicted octanol–water partition coefficient (Wildman–Crippen LogP) is -7.12. The Morgan fingerprint density at radius 1 is 1.17 bits per heavy atom. The molecule has 0 heterocycles. The summed E-state index contributed by atoms with van der Waals surface area (Å²) >= 11 is 0. The number of aliphatic hydroxyl groups excluding tert-OH is 5. The summed E-state index contributed by atoms with van der Waals surface area (Å²) < 4.78 is 31.6. The summed E-state index contributed by atoms with van der Waals surface area (Å²) in [5.74, 6) is -1.95. The van der Waals surface area contributed by atoms with Gasteiger partial charge in [-0.3, -0.25) is 4.55 Å². The number of carbonyl (C=O) groups is 1. The summed E-state index contributed by atoms with van der Waals surface area (Å²) in [6, 6.07) is 0. The monoisotopic (exact) mass is 316 g/mol. The molecule has 0 saturated heterocycles. The van der Waals surface area contributed by atoms with Crippen LogP contribution in [0.3, 0.4) is 0 Å². The van der Waals surface area contributed by atoms with Crippen LogP contribution in [-0.2, 0) is 19.4 Å². The van der Waals surface area contributed by atoms with Crippen molar-refractivity contribution in [1.82, 2.24) is 0 Å². The average molecular weight is 316 g/mol. The van der Waals surface area contributed by atoms with Gasteiger partial charge < -0.3 is 31.1 Å². The normalized spacial score (nSPS) is 18.1. The van der Waals surface area contributed by atoms with Crippen LogP contribution in [0.4, 0.5) is 0 Å². The van der Waals surface area contributed by atoms with Gasteiger partial charge in [-0.05, 0) is 0 Å². The molecule has 12 heteroatoms. The summed E-state index contributed by atoms with van der Waals surface area (Å²) in [4.78, 5) is 10.8. The van der Waals surface area contributed by atoms with E-state index < -0.39 is 47.4 Å². The zero-order chi connectivity index (χ0) is 13.8. The Labute approximate surface area is 146 Å². The van der Waals surface area contributed by atoms with Crippen molar-refractivity contribution in [3.8, 4) is 0 Å². The maximum Gasteiger partial charge on any atom is 1.00 e. The van der Waals surface area contributed by atoms with E-state index in [4.69, 9.17) is 30.1 Å². The van der Waals surface area contributed by atoms with E-state index in [0.29, 0.717) is 0 Å². The average Bonchev–Trinajstić information content (AvgIpc) is 2.22. The molecule has 0 aromatic carbocycles. The second-order valence-corrected chi connectivity index (χ2v) is 4.03. The predicted molar refractivity (Wildman–Crippen MR) is 49.9 cm³/mol. The van der Waals surface area contributed by atoms with E-state index in [1.165, 1.54) is 0 Å². The standard InChI is InChI=1S/C6H12O10S.K.H/c7-1-2(8)3(9)4(10)5(11)6(12)16-17(13,14)15;;/h2-5,7-11H,1H2,(H,13,14,15);;/q;+1;-1/t2-,3-,4+,5-;;/m1../s1. The van der Waals surface area contributed by atoms with Crippen LogP contribution >= 0.6 is 0 Å². The Hall–Kier alpha value is 0.816. The zero-order valence-corrected chi connectivity index (χ0v) is 13.2. The molecule has 0 spiro atoms. The molecule has 18 heavy (non-hydrogen) atoms. The minimum absolute atomic E-state index is 0. The van der Waals surface area contributed by atoms with Gasteiger partial charge in [-0.25, -0.2) is 4.79 Å². The number of rotatable bonds is 6. The SMILES string of the molecule is O=C(OS(=O)(=O)O)[C@H](O)[C@@H](O)[C@H](O)[C@H](O)CO.[H-].[K+]. The number of carbonyl (C=O) groups excluding carboxylic acids is 1. The van der Waals surface area contributed by atoms with Crippen molar-refractivity contribution in [2.24, 2.45) is 0 Å². The van der Waals surface area contributed by atoms with Gasteiger partial charge >= 0.3 is 67.8 Å². The van der Waals surface area contributed by atoms with Crippen LogP contribution < -0.4 is 51.4 Å². The Morgan fingerprint density at radius 2 is 1.61 bits per heavy atom. The molecular formula is C6H13KO10S. The zero-order valence-electron chi connectivity index (χ0n) is 10.2. The fourth-order valence-corrected chi connectivity index (χ4v) is 1.12. The van der Waals surface area contributed by atoms with Crippen LogP contribution in [0.2, 0.25) is 0 Å². The van der Waals surface area contributed by atoms with Crippen molar-refractivity contribution in [1.29, 1.82) is 0 Å². The smallest absolute Gasteiger partial charge is 1.00 e. The molecule has 0 aliphatic carbocycles. The molecule has 10 nitrogen and oxygen atoms in total. The van der Waals surface area contributed by atoms with Crippen LogP contribution in [0.1, 0.15) is 1.43 Å². The first-order valence-electron chi connectivity index (χ1n) is 4.14. The van der Waals surface area contributed by atoms with E-state index >= 15 is 0 Å². The topological polar surface area (TPSA) is 182 Å². The Balaban J connectivity index is -0.00000128. The fourth-order valence-electron chi connectivity index (χ4n) is 0.815. The molecule has 4 atom stereocenters. The van der Waals surface area contributed by atoms with Gasteiger partial charge in [0.15, 0.2) is 6.10 Å². The second kappa shape index (κ2) is 8.88. The molecule has 0 aliphatic rings. The molecule has 0 rings (SSSR count). The second-order valence-electron chi connectivity index (χ2n) is 3.01. The molecule has 104 valence electrons. The van der Waals surface area contributed by atoms with Crippen molar-refractivity contribution < 1.29 is 100 Å². The first-order chi connectivity index (χ1) is 7.60. The van der Waals surface area contributed by atoms with Gasteiger partial charge in [-0.15, -0.1) is 0 Å². The summed E-state index contributed by atoms with van der Waals surface area (Å²) in [5.41, 5.74) is 0. The number of aliphatic hydroxyl groups is 5. The van der Waals surface area contributed by atoms with Crippen LogP contribution in [-0.4, -0.2) is 75.5 Å². The van der Waals surface area contributed by atoms with Crippen molar-refractivity contribution in [2.75, 3.05) is 6.61 Å². The summed E-state index contributed by atoms with van der Waals surface area (Å²) in [6.07, 6.45) is -8.83. The minimum Gasteiger partial charge on any atom is -1.00 e. The molecule has 0 radical (unpaired) electrons. The summed E-state index contributed by atoms with van der Waals surface area (Å²) in [5, 5.41) is 44.5. The van der Waals surface area contributed by atoms with Crippen molar-refractivity contribution >= 4 is 16.4 Å². The Bertz CT molecular complexity index is 361. The number of hydrogen-bond donors (Lipinski definition) is 6. The van der Waals surface area contributed by atoms with E-state index in [2.05, 4.69) is 4.18 Å². The van der Waals surface area contributed by atoms with Gasteiger partial charge in [0, 0.05) is 0 Å². The molecule has 0 aromatic rings. The van der Waals surface area contributed by atoms with Gasteiger partial charge in [0.1, 0.15) is 18.3 Å². The van der Waals surface area contributed by atoms with E-state index in [9.17, 15) is 13.2 Å². The van der Waals surface area contributed by atoms with Crippen LogP contribution in [0.15, 0.2) is 0 Å². The summed E-state index contributed by atoms with van der Waals surface area (Å²) in [7, 11) is -5.17. The molecule has 0 unspecified atom stereocenters. The first-order valence-corrected chi connectivity index (χ1v) is 5.50. The van der Waals surface area contributed by atoms with Crippen LogP contribution in [0.25, 0.3) is 0 Å². The number of hydrogen-bond acceptors (Lipinski definition) is 9. The van der Waals surface area contributed by atoms with Crippen LogP contribution in [0.5, 0.6) is 0 Å². The van der Waals surface area contributed by atoms with Crippen molar-refractivity contribution in [2.45, 2.75) is 24.4 Å². The molecule has 0 aromatic heterocycles. The third kappa shape index (κ3) is 7.42. The molecule has 6 N–H and O–H groups in total. The van der Waals surface area contributed by atoms with Crippen LogP contribution in [0, 0.1) is 0 Å². The van der Waals surface area contributed by atoms with Crippen molar-refractivity contribution in [3.63, 3.8) is 0 Å². The van der Waals surface area contributed by atoms with E-state index in [1.54, 1.807) is 0 Å². The first kappa shape index (κ1) is 21.1. The maximum absolute atomic E-state index is 10.8. The molecule has 0 bridgehead atoms. The van der Waals surface area contributed by atoms with Gasteiger partial charge in [0.25, 0.3) is 0 Å². The fraction of sp³-hybridized carbons (Fsp3) is 0.833. The minimum atomic E-state index is -5.17. The third-order valence-electron chi connectivity index (χ3n) is 1.68. The van der Waals surface area contributed by atoms with Crippen molar-refractivity contribution in [3.05, 3.63) is 0 Å². The molecule has 0 amide bonds. The summed E-state index contributed by atoms with van der Waals surface area (Å²) in [6.45, 7) is -0.974. The van der Waals surface area contributed by atoms with Gasteiger partial charge in [0.05, 0.1) is 6.61 Å². The van der Waals surface area contributed by atoms with E-state index in [1.807, 2.05) is 0 Å². The Kier molecular flexibility index (Phi) is 10.4. The van der Waals surface area contributed by atoms with Gasteiger partial charge in [0.2, 0.25) is 0 Å². The molecular weight excluding hydrogens is 303 g/mol. The van der Waals surface area contributed by atoms with E-state index in [-0.39, 0.29) is 52.8 Å². The largest absolute Gasteiger partial charge is 1.00 e. The van der Waals surface area contributed by atoms with Gasteiger partial charge in [-0.2, -0.15) is 8.42 Å². The maximum atomic E-state index is 10.8. The Morgan fingerprint density at radius 3 is 1.94 bits per heavy atom. The molecule has 0 fully saturated rings. The van der Waals surface area contributed by atoms with Gasteiger partial charge in [-0.1, -0.05) is 0 Å². The molecule has 0 saturated carbocycles. The molecule has 0 aliphatic heterocycles. The third-order valence-corrected chi connectivity index (χ3v) is 2.06.